The third-order valence-electron chi connectivity index (χ3n) is 4.70. The highest BCUT2D eigenvalue weighted by atomic mass is 32.1. The fourth-order valence-electron chi connectivity index (χ4n) is 3.22. The molecule has 28 heavy (non-hydrogen) atoms. The SMILES string of the molecule is CC(=O)N(c1ccccc1)c1nc(C[NH+](C)Cc2ccc(C(C)C)cc2)cs1. The van der Waals surface area contributed by atoms with E-state index >= 15 is 0 Å². The monoisotopic (exact) mass is 394 g/mol. The van der Waals surface area contributed by atoms with E-state index in [0.29, 0.717) is 5.92 Å². The standard InChI is InChI=1S/C23H27N3OS/c1-17(2)20-12-10-19(11-13-20)14-25(4)15-21-16-28-23(24-21)26(18(3)27)22-8-6-5-7-9-22/h5-13,16-17H,14-15H2,1-4H3/p+1. The van der Waals surface area contributed by atoms with Crippen molar-refractivity contribution in [3.05, 3.63) is 76.8 Å². The highest BCUT2D eigenvalue weighted by Crippen LogP contribution is 2.28. The quantitative estimate of drug-likeness (QED) is 0.653. The van der Waals surface area contributed by atoms with Crippen LogP contribution in [0.15, 0.2) is 60.0 Å². The van der Waals surface area contributed by atoms with E-state index in [1.54, 1.807) is 11.8 Å². The topological polar surface area (TPSA) is 37.6 Å². The lowest BCUT2D eigenvalue weighted by Gasteiger charge is -2.18. The van der Waals surface area contributed by atoms with Crippen LogP contribution in [0.3, 0.4) is 0 Å². The third kappa shape index (κ3) is 5.06. The fraction of sp³-hybridized carbons (Fsp3) is 0.304. The molecule has 0 fully saturated rings. The Labute approximate surface area is 171 Å². The lowest BCUT2D eigenvalue weighted by atomic mass is 10.0. The number of carbonyl (C=O) groups excluding carboxylic acids is 1. The van der Waals surface area contributed by atoms with Gasteiger partial charge in [-0.05, 0) is 23.6 Å². The van der Waals surface area contributed by atoms with Crippen molar-refractivity contribution in [1.82, 2.24) is 4.98 Å². The maximum atomic E-state index is 12.2. The normalized spacial score (nSPS) is 12.2. The summed E-state index contributed by atoms with van der Waals surface area (Å²) >= 11 is 1.51. The highest BCUT2D eigenvalue weighted by Gasteiger charge is 2.18. The van der Waals surface area contributed by atoms with Gasteiger partial charge in [-0.2, -0.15) is 0 Å². The molecule has 146 valence electrons. The van der Waals surface area contributed by atoms with Crippen molar-refractivity contribution in [3.8, 4) is 0 Å². The Morgan fingerprint density at radius 1 is 1.07 bits per heavy atom. The molecule has 1 aromatic heterocycles. The van der Waals surface area contributed by atoms with E-state index in [4.69, 9.17) is 4.98 Å². The summed E-state index contributed by atoms with van der Waals surface area (Å²) in [4.78, 5) is 19.9. The molecule has 0 radical (unpaired) electrons. The predicted octanol–water partition coefficient (Wildman–Crippen LogP) is 4.17. The summed E-state index contributed by atoms with van der Waals surface area (Å²) in [7, 11) is 2.18. The second-order valence-corrected chi connectivity index (χ2v) is 8.35. The van der Waals surface area contributed by atoms with E-state index in [1.807, 2.05) is 30.3 Å². The third-order valence-corrected chi connectivity index (χ3v) is 5.57. The molecule has 0 spiro atoms. The van der Waals surface area contributed by atoms with Gasteiger partial charge in [0.25, 0.3) is 0 Å². The van der Waals surface area contributed by atoms with Gasteiger partial charge in [0.1, 0.15) is 18.8 Å². The van der Waals surface area contributed by atoms with Gasteiger partial charge in [-0.1, -0.05) is 56.3 Å². The maximum Gasteiger partial charge on any atom is 0.230 e. The van der Waals surface area contributed by atoms with Gasteiger partial charge in [0.15, 0.2) is 5.13 Å². The highest BCUT2D eigenvalue weighted by molar-refractivity contribution is 7.14. The molecule has 0 saturated heterocycles. The molecule has 0 bridgehead atoms. The molecule has 0 saturated carbocycles. The number of nitrogens with zero attached hydrogens (tertiary/aromatic N) is 2. The van der Waals surface area contributed by atoms with Crippen molar-refractivity contribution < 1.29 is 9.69 Å². The molecule has 1 unspecified atom stereocenters. The van der Waals surface area contributed by atoms with Crippen molar-refractivity contribution in [1.29, 1.82) is 0 Å². The smallest absolute Gasteiger partial charge is 0.230 e. The summed E-state index contributed by atoms with van der Waals surface area (Å²) in [6.45, 7) is 7.77. The molecule has 3 aromatic rings. The van der Waals surface area contributed by atoms with Crippen LogP contribution in [-0.4, -0.2) is 17.9 Å². The van der Waals surface area contributed by atoms with Crippen molar-refractivity contribution >= 4 is 28.1 Å². The Morgan fingerprint density at radius 2 is 1.75 bits per heavy atom. The van der Waals surface area contributed by atoms with Crippen molar-refractivity contribution in [3.63, 3.8) is 0 Å². The first-order valence-corrected chi connectivity index (χ1v) is 10.5. The first kappa shape index (κ1) is 20.2. The lowest BCUT2D eigenvalue weighted by molar-refractivity contribution is -0.908. The van der Waals surface area contributed by atoms with E-state index in [9.17, 15) is 4.79 Å². The maximum absolute atomic E-state index is 12.2. The number of amides is 1. The fourth-order valence-corrected chi connectivity index (χ4v) is 4.11. The van der Waals surface area contributed by atoms with Crippen LogP contribution in [0.1, 0.15) is 43.5 Å². The molecule has 3 rings (SSSR count). The number of rotatable bonds is 7. The zero-order chi connectivity index (χ0) is 20.1. The van der Waals surface area contributed by atoms with Crippen LogP contribution < -0.4 is 9.80 Å². The van der Waals surface area contributed by atoms with E-state index < -0.39 is 0 Å². The van der Waals surface area contributed by atoms with Gasteiger partial charge < -0.3 is 4.90 Å². The summed E-state index contributed by atoms with van der Waals surface area (Å²) < 4.78 is 0. The number of quaternary nitrogens is 1. The number of aromatic nitrogens is 1. The second-order valence-electron chi connectivity index (χ2n) is 7.52. The van der Waals surface area contributed by atoms with Crippen LogP contribution >= 0.6 is 11.3 Å². The van der Waals surface area contributed by atoms with Crippen LogP contribution in [0.25, 0.3) is 0 Å². The van der Waals surface area contributed by atoms with Crippen LogP contribution in [0.4, 0.5) is 10.8 Å². The molecule has 1 amide bonds. The molecule has 2 aromatic carbocycles. The molecule has 0 aliphatic heterocycles. The predicted molar refractivity (Wildman–Crippen MR) is 116 cm³/mol. The van der Waals surface area contributed by atoms with Gasteiger partial charge in [-0.25, -0.2) is 4.98 Å². The van der Waals surface area contributed by atoms with Gasteiger partial charge in [0, 0.05) is 17.9 Å². The Hall–Kier alpha value is -2.50. The molecule has 1 N–H and O–H groups in total. The summed E-state index contributed by atoms with van der Waals surface area (Å²) in [5.74, 6) is 0.527. The lowest BCUT2D eigenvalue weighted by Crippen LogP contribution is -3.06. The Balaban J connectivity index is 1.67. The molecular weight excluding hydrogens is 366 g/mol. The van der Waals surface area contributed by atoms with Gasteiger partial charge in [-0.15, -0.1) is 11.3 Å². The second kappa shape index (κ2) is 9.13. The van der Waals surface area contributed by atoms with Gasteiger partial charge in [-0.3, -0.25) is 9.69 Å². The zero-order valence-corrected chi connectivity index (χ0v) is 17.8. The molecule has 4 nitrogen and oxygen atoms in total. The number of benzene rings is 2. The van der Waals surface area contributed by atoms with Crippen LogP contribution in [0.2, 0.25) is 0 Å². The number of anilines is 2. The molecule has 1 atom stereocenters. The van der Waals surface area contributed by atoms with E-state index in [0.717, 1.165) is 29.6 Å². The van der Waals surface area contributed by atoms with Gasteiger partial charge >= 0.3 is 0 Å². The number of hydrogen-bond donors (Lipinski definition) is 1. The number of carbonyl (C=O) groups is 1. The minimum absolute atomic E-state index is 0.0296. The van der Waals surface area contributed by atoms with E-state index in [-0.39, 0.29) is 5.91 Å². The minimum atomic E-state index is -0.0296. The van der Waals surface area contributed by atoms with Gasteiger partial charge in [0.2, 0.25) is 5.91 Å². The van der Waals surface area contributed by atoms with Crippen molar-refractivity contribution in [2.75, 3.05) is 11.9 Å². The van der Waals surface area contributed by atoms with Crippen molar-refractivity contribution in [2.45, 2.75) is 39.8 Å². The Kier molecular flexibility index (Phi) is 6.60. The largest absolute Gasteiger partial charge is 0.329 e. The van der Waals surface area contributed by atoms with E-state index in [2.05, 4.69) is 50.5 Å². The Bertz CT molecular complexity index is 903. The summed E-state index contributed by atoms with van der Waals surface area (Å²) in [5.41, 5.74) is 4.56. The molecule has 1 heterocycles. The van der Waals surface area contributed by atoms with Crippen LogP contribution in [-0.2, 0) is 17.9 Å². The van der Waals surface area contributed by atoms with Crippen LogP contribution in [0.5, 0.6) is 0 Å². The van der Waals surface area contributed by atoms with Gasteiger partial charge in [0.05, 0.1) is 12.7 Å². The Morgan fingerprint density at radius 3 is 2.36 bits per heavy atom. The average molecular weight is 395 g/mol. The number of hydrogen-bond acceptors (Lipinski definition) is 3. The average Bonchev–Trinajstić information content (AvgIpc) is 3.10. The number of para-hydroxylation sites is 1. The zero-order valence-electron chi connectivity index (χ0n) is 17.0. The number of nitrogens with one attached hydrogen (secondary N) is 1. The molecular formula is C23H28N3OS+. The summed E-state index contributed by atoms with van der Waals surface area (Å²) in [6, 6.07) is 18.6. The first-order valence-electron chi connectivity index (χ1n) is 9.64. The van der Waals surface area contributed by atoms with Crippen LogP contribution in [0, 0.1) is 0 Å². The summed E-state index contributed by atoms with van der Waals surface area (Å²) in [5, 5.41) is 2.78. The summed E-state index contributed by atoms with van der Waals surface area (Å²) in [6.07, 6.45) is 0. The number of thiazole rings is 1. The molecule has 0 aliphatic carbocycles. The first-order chi connectivity index (χ1) is 13.4. The molecule has 0 aliphatic rings. The molecule has 5 heteroatoms. The minimum Gasteiger partial charge on any atom is -0.329 e. The van der Waals surface area contributed by atoms with E-state index in [1.165, 1.54) is 27.4 Å². The van der Waals surface area contributed by atoms with Crippen molar-refractivity contribution in [2.24, 2.45) is 0 Å².